The Bertz CT molecular complexity index is 372. The molecule has 0 aliphatic carbocycles. The van der Waals surface area contributed by atoms with E-state index >= 15 is 0 Å². The van der Waals surface area contributed by atoms with Gasteiger partial charge in [0.1, 0.15) is 12.1 Å². The number of amides is 3. The second-order valence-electron chi connectivity index (χ2n) is 4.13. The number of thiol groups is 3. The van der Waals surface area contributed by atoms with Crippen molar-refractivity contribution in [1.29, 1.82) is 0 Å². The first-order valence-corrected chi connectivity index (χ1v) is 8.17. The quantitative estimate of drug-likeness (QED) is 0.244. The molecule has 130 valence electrons. The highest BCUT2D eigenvalue weighted by molar-refractivity contribution is 7.80. The van der Waals surface area contributed by atoms with Crippen LogP contribution < -0.4 is 21.3 Å². The fourth-order valence-electron chi connectivity index (χ4n) is 1.41. The molecular formula is C11H23ClN4O3S3. The summed E-state index contributed by atoms with van der Waals surface area (Å²) in [6.45, 7) is 0. The van der Waals surface area contributed by atoms with Crippen molar-refractivity contribution in [2.45, 2.75) is 18.1 Å². The molecule has 0 unspecified atom stereocenters. The maximum Gasteiger partial charge on any atom is 0.244 e. The van der Waals surface area contributed by atoms with Gasteiger partial charge < -0.3 is 21.3 Å². The highest BCUT2D eigenvalue weighted by atomic mass is 35.5. The summed E-state index contributed by atoms with van der Waals surface area (Å²) in [6.07, 6.45) is 0. The third-order valence-corrected chi connectivity index (χ3v) is 3.82. The van der Waals surface area contributed by atoms with Crippen LogP contribution >= 0.6 is 50.3 Å². The van der Waals surface area contributed by atoms with Crippen molar-refractivity contribution in [3.05, 3.63) is 0 Å². The number of halogens is 1. The molecule has 0 spiro atoms. The summed E-state index contributed by atoms with van der Waals surface area (Å²) in [6, 6.07) is -2.12. The van der Waals surface area contributed by atoms with E-state index in [1.54, 1.807) is 7.05 Å². The Labute approximate surface area is 153 Å². The molecule has 3 amide bonds. The Morgan fingerprint density at radius 2 is 1.14 bits per heavy atom. The van der Waals surface area contributed by atoms with Crippen molar-refractivity contribution in [2.24, 2.45) is 0 Å². The molecule has 11 heteroatoms. The van der Waals surface area contributed by atoms with Crippen LogP contribution in [0.1, 0.15) is 0 Å². The maximum atomic E-state index is 12.1. The lowest BCUT2D eigenvalue weighted by atomic mass is 10.2. The van der Waals surface area contributed by atoms with Crippen LogP contribution in [0.5, 0.6) is 0 Å². The zero-order valence-corrected chi connectivity index (χ0v) is 15.8. The Hall–Kier alpha value is -0.290. The van der Waals surface area contributed by atoms with Gasteiger partial charge in [0.15, 0.2) is 0 Å². The first kappa shape index (κ1) is 24.0. The molecule has 0 rings (SSSR count). The van der Waals surface area contributed by atoms with Gasteiger partial charge in [-0.2, -0.15) is 37.9 Å². The monoisotopic (exact) mass is 390 g/mol. The second-order valence-corrected chi connectivity index (χ2v) is 5.22. The minimum absolute atomic E-state index is 0. The molecule has 3 atom stereocenters. The van der Waals surface area contributed by atoms with Gasteiger partial charge in [0.25, 0.3) is 0 Å². The van der Waals surface area contributed by atoms with E-state index in [9.17, 15) is 14.4 Å². The number of carbonyl (C=O) groups is 3. The Morgan fingerprint density at radius 3 is 1.45 bits per heavy atom. The van der Waals surface area contributed by atoms with E-state index in [0.717, 1.165) is 0 Å². The number of carbonyl (C=O) groups excluding carboxylic acids is 3. The summed E-state index contributed by atoms with van der Waals surface area (Å²) in [7, 11) is 3.09. The van der Waals surface area contributed by atoms with Crippen molar-refractivity contribution in [3.63, 3.8) is 0 Å². The minimum atomic E-state index is -0.844. The van der Waals surface area contributed by atoms with E-state index in [4.69, 9.17) is 0 Å². The number of rotatable bonds is 9. The third kappa shape index (κ3) is 7.82. The van der Waals surface area contributed by atoms with Crippen LogP contribution in [-0.4, -0.2) is 67.2 Å². The molecule has 7 nitrogen and oxygen atoms in total. The fourth-order valence-corrected chi connectivity index (χ4v) is 2.27. The van der Waals surface area contributed by atoms with E-state index in [-0.39, 0.29) is 35.7 Å². The van der Waals surface area contributed by atoms with Crippen LogP contribution in [-0.2, 0) is 14.4 Å². The van der Waals surface area contributed by atoms with Gasteiger partial charge in [-0.25, -0.2) is 0 Å². The van der Waals surface area contributed by atoms with Crippen LogP contribution in [0.2, 0.25) is 0 Å². The molecule has 0 saturated heterocycles. The largest absolute Gasteiger partial charge is 0.357 e. The van der Waals surface area contributed by atoms with E-state index in [0.29, 0.717) is 5.75 Å². The molecule has 4 N–H and O–H groups in total. The molecule has 0 aliphatic heterocycles. The van der Waals surface area contributed by atoms with Crippen molar-refractivity contribution >= 4 is 68.0 Å². The van der Waals surface area contributed by atoms with Crippen molar-refractivity contribution in [3.8, 4) is 0 Å². The molecule has 0 heterocycles. The number of hydrogen-bond acceptors (Lipinski definition) is 7. The molecule has 0 aromatic carbocycles. The van der Waals surface area contributed by atoms with Crippen LogP contribution in [0.3, 0.4) is 0 Å². The fraction of sp³-hybridized carbons (Fsp3) is 0.727. The molecular weight excluding hydrogens is 368 g/mol. The zero-order valence-electron chi connectivity index (χ0n) is 12.3. The molecule has 22 heavy (non-hydrogen) atoms. The van der Waals surface area contributed by atoms with Gasteiger partial charge in [-0.05, 0) is 7.05 Å². The number of hydrogen-bond donors (Lipinski definition) is 7. The average Bonchev–Trinajstić information content (AvgIpc) is 2.50. The Balaban J connectivity index is 0. The smallest absolute Gasteiger partial charge is 0.244 e. The predicted molar refractivity (Wildman–Crippen MR) is 99.6 cm³/mol. The van der Waals surface area contributed by atoms with Gasteiger partial charge in [0.2, 0.25) is 17.7 Å². The molecule has 0 aromatic rings. The van der Waals surface area contributed by atoms with Crippen LogP contribution in [0, 0.1) is 0 Å². The summed E-state index contributed by atoms with van der Waals surface area (Å²) >= 11 is 12.1. The van der Waals surface area contributed by atoms with Crippen LogP contribution in [0.25, 0.3) is 0 Å². The molecule has 0 radical (unpaired) electrons. The standard InChI is InChI=1S/C11H22N4O3S3.ClH/c1-12-6(3-19)10(17)15-8(5-21)11(18)14-7(4-20)9(16)13-2;/h6-8,12,19-21H,3-5H2,1-2H3,(H,13,16)(H,14,18)(H,15,17);1H/t6-,7-,8-;/m0./s1. The van der Waals surface area contributed by atoms with Gasteiger partial charge in [0, 0.05) is 24.3 Å². The van der Waals surface area contributed by atoms with Gasteiger partial charge in [-0.1, -0.05) is 0 Å². The van der Waals surface area contributed by atoms with Crippen molar-refractivity contribution in [1.82, 2.24) is 21.3 Å². The molecule has 0 aromatic heterocycles. The third-order valence-electron chi connectivity index (χ3n) is 2.73. The lowest BCUT2D eigenvalue weighted by Gasteiger charge is -2.22. The molecule has 0 fully saturated rings. The Morgan fingerprint density at radius 1 is 0.773 bits per heavy atom. The zero-order chi connectivity index (χ0) is 16.4. The average molecular weight is 391 g/mol. The van der Waals surface area contributed by atoms with E-state index < -0.39 is 24.0 Å². The maximum absolute atomic E-state index is 12.1. The minimum Gasteiger partial charge on any atom is -0.357 e. The van der Waals surface area contributed by atoms with E-state index in [2.05, 4.69) is 59.2 Å². The summed E-state index contributed by atoms with van der Waals surface area (Å²) in [5.41, 5.74) is 0. The summed E-state index contributed by atoms with van der Waals surface area (Å²) in [5, 5.41) is 10.3. The van der Waals surface area contributed by atoms with Crippen LogP contribution in [0.4, 0.5) is 0 Å². The highest BCUT2D eigenvalue weighted by Gasteiger charge is 2.26. The van der Waals surface area contributed by atoms with E-state index in [1.165, 1.54) is 7.05 Å². The van der Waals surface area contributed by atoms with Gasteiger partial charge in [-0.15, -0.1) is 12.4 Å². The lowest BCUT2D eigenvalue weighted by Crippen LogP contribution is -2.57. The second kappa shape index (κ2) is 13.2. The molecule has 0 aliphatic rings. The number of nitrogens with one attached hydrogen (secondary N) is 4. The van der Waals surface area contributed by atoms with Crippen molar-refractivity contribution in [2.75, 3.05) is 31.4 Å². The topological polar surface area (TPSA) is 99.3 Å². The SMILES string of the molecule is CNC(=O)[C@H](CS)NC(=O)[C@H](CS)NC(=O)[C@H](CS)NC.Cl. The van der Waals surface area contributed by atoms with Gasteiger partial charge >= 0.3 is 0 Å². The normalized spacial score (nSPS) is 14.0. The molecule has 0 bridgehead atoms. The van der Waals surface area contributed by atoms with Gasteiger partial charge in [-0.3, -0.25) is 14.4 Å². The summed E-state index contributed by atoms with van der Waals surface area (Å²) < 4.78 is 0. The predicted octanol–water partition coefficient (Wildman–Crippen LogP) is -1.50. The number of likely N-dealkylation sites (N-methyl/N-ethyl adjacent to an activating group) is 2. The summed E-state index contributed by atoms with van der Waals surface area (Å²) in [5.74, 6) is -0.659. The van der Waals surface area contributed by atoms with Crippen molar-refractivity contribution < 1.29 is 14.4 Å². The van der Waals surface area contributed by atoms with E-state index in [1.807, 2.05) is 0 Å². The Kier molecular flexibility index (Phi) is 14.4. The van der Waals surface area contributed by atoms with Crippen LogP contribution in [0.15, 0.2) is 0 Å². The first-order valence-electron chi connectivity index (χ1n) is 6.27. The molecule has 0 saturated carbocycles. The lowest BCUT2D eigenvalue weighted by molar-refractivity contribution is -0.131. The summed E-state index contributed by atoms with van der Waals surface area (Å²) in [4.78, 5) is 35.5. The highest BCUT2D eigenvalue weighted by Crippen LogP contribution is 1.96. The van der Waals surface area contributed by atoms with Gasteiger partial charge in [0.05, 0.1) is 6.04 Å². The first-order chi connectivity index (χ1) is 9.94.